The van der Waals surface area contributed by atoms with Crippen LogP contribution in [0.2, 0.25) is 0 Å². The molecule has 2 amide bonds. The van der Waals surface area contributed by atoms with Crippen molar-refractivity contribution in [3.63, 3.8) is 0 Å². The zero-order valence-corrected chi connectivity index (χ0v) is 20.0. The predicted octanol–water partition coefficient (Wildman–Crippen LogP) is 2.33. The molecular weight excluding hydrogens is 458 g/mol. The van der Waals surface area contributed by atoms with Crippen LogP contribution in [0.3, 0.4) is 0 Å². The molecule has 31 heavy (non-hydrogen) atoms. The Balaban J connectivity index is 1.63. The molecular formula is C20H25N3O5S3. The van der Waals surface area contributed by atoms with Crippen LogP contribution in [0.15, 0.2) is 34.5 Å². The monoisotopic (exact) mass is 483 g/mol. The van der Waals surface area contributed by atoms with Crippen LogP contribution in [0.4, 0.5) is 0 Å². The number of nitrogens with zero attached hydrogens (tertiary/aromatic N) is 1. The average molecular weight is 484 g/mol. The van der Waals surface area contributed by atoms with Crippen molar-refractivity contribution in [2.75, 3.05) is 24.6 Å². The zero-order valence-electron chi connectivity index (χ0n) is 17.5. The average Bonchev–Trinajstić information content (AvgIpc) is 3.26. The van der Waals surface area contributed by atoms with Crippen LogP contribution >= 0.6 is 23.1 Å². The molecule has 1 aliphatic rings. The third-order valence-electron chi connectivity index (χ3n) is 4.95. The van der Waals surface area contributed by atoms with Crippen molar-refractivity contribution in [3.8, 4) is 5.75 Å². The molecule has 1 aromatic carbocycles. The lowest BCUT2D eigenvalue weighted by Crippen LogP contribution is -2.47. The Morgan fingerprint density at radius 2 is 1.84 bits per heavy atom. The van der Waals surface area contributed by atoms with Gasteiger partial charge >= 0.3 is 0 Å². The summed E-state index contributed by atoms with van der Waals surface area (Å²) in [4.78, 5) is 25.0. The van der Waals surface area contributed by atoms with Crippen molar-refractivity contribution in [3.05, 3.63) is 45.6 Å². The largest absolute Gasteiger partial charge is 0.481 e. The van der Waals surface area contributed by atoms with Gasteiger partial charge in [0, 0.05) is 24.6 Å². The molecule has 168 valence electrons. The van der Waals surface area contributed by atoms with Crippen molar-refractivity contribution >= 4 is 44.9 Å². The van der Waals surface area contributed by atoms with E-state index in [4.69, 9.17) is 4.74 Å². The third kappa shape index (κ3) is 5.40. The zero-order chi connectivity index (χ0) is 22.6. The lowest BCUT2D eigenvalue weighted by atomic mass is 10.1. The van der Waals surface area contributed by atoms with Gasteiger partial charge in [0.2, 0.25) is 10.0 Å². The first-order valence-electron chi connectivity index (χ1n) is 9.70. The van der Waals surface area contributed by atoms with Crippen molar-refractivity contribution in [2.45, 2.75) is 31.8 Å². The highest BCUT2D eigenvalue weighted by molar-refractivity contribution is 7.99. The van der Waals surface area contributed by atoms with Gasteiger partial charge in [0.25, 0.3) is 11.8 Å². The Bertz CT molecular complexity index is 1060. The number of rotatable bonds is 6. The summed E-state index contributed by atoms with van der Waals surface area (Å²) in [6.07, 6.45) is -0.863. The van der Waals surface area contributed by atoms with Gasteiger partial charge in [-0.2, -0.15) is 16.1 Å². The molecule has 8 nitrogen and oxygen atoms in total. The first-order valence-corrected chi connectivity index (χ1v) is 13.2. The van der Waals surface area contributed by atoms with Crippen LogP contribution < -0.4 is 15.6 Å². The summed E-state index contributed by atoms with van der Waals surface area (Å²) < 4.78 is 32.9. The number of thioether (sulfide) groups is 1. The number of nitrogens with one attached hydrogen (secondary N) is 2. The second kappa shape index (κ2) is 10.0. The maximum atomic E-state index is 12.9. The fraction of sp³-hybridized carbons (Fsp3) is 0.400. The molecule has 1 fully saturated rings. The topological polar surface area (TPSA) is 105 Å². The summed E-state index contributed by atoms with van der Waals surface area (Å²) >= 11 is 2.71. The fourth-order valence-corrected chi connectivity index (χ4v) is 6.84. The van der Waals surface area contributed by atoms with Gasteiger partial charge < -0.3 is 4.74 Å². The Morgan fingerprint density at radius 3 is 2.55 bits per heavy atom. The van der Waals surface area contributed by atoms with E-state index in [0.717, 1.165) is 34.0 Å². The van der Waals surface area contributed by atoms with Gasteiger partial charge in [-0.25, -0.2) is 8.42 Å². The summed E-state index contributed by atoms with van der Waals surface area (Å²) in [6.45, 7) is 6.24. The smallest absolute Gasteiger partial charge is 0.281 e. The normalized spacial score (nSPS) is 15.8. The number of sulfonamides is 1. The van der Waals surface area contributed by atoms with E-state index in [-0.39, 0.29) is 9.77 Å². The fourth-order valence-electron chi connectivity index (χ4n) is 2.96. The second-order valence-corrected chi connectivity index (χ2v) is 11.1. The molecule has 1 saturated heterocycles. The number of carbonyl (C=O) groups is 2. The number of ether oxygens (including phenoxy) is 1. The Hall–Kier alpha value is -2.08. The van der Waals surface area contributed by atoms with E-state index in [1.54, 1.807) is 30.1 Å². The Morgan fingerprint density at radius 1 is 1.13 bits per heavy atom. The molecule has 0 aliphatic carbocycles. The maximum Gasteiger partial charge on any atom is 0.281 e. The molecule has 2 aromatic rings. The summed E-state index contributed by atoms with van der Waals surface area (Å²) in [5, 5.41) is 1.55. The first-order chi connectivity index (χ1) is 14.7. The Labute approximate surface area is 190 Å². The van der Waals surface area contributed by atoms with E-state index in [0.29, 0.717) is 18.8 Å². The molecule has 0 saturated carbocycles. The SMILES string of the molecule is Cc1cccc(OC(C)C(=O)NNC(=O)c2sccc2S(=O)(=O)N2CCSCC2)c1C. The molecule has 2 N–H and O–H groups in total. The van der Waals surface area contributed by atoms with E-state index < -0.39 is 27.9 Å². The molecule has 1 aliphatic heterocycles. The van der Waals surface area contributed by atoms with Gasteiger partial charge in [-0.1, -0.05) is 12.1 Å². The highest BCUT2D eigenvalue weighted by Gasteiger charge is 2.31. The summed E-state index contributed by atoms with van der Waals surface area (Å²) in [5.74, 6) is 0.786. The van der Waals surface area contributed by atoms with Crippen LogP contribution in [-0.4, -0.2) is 55.2 Å². The van der Waals surface area contributed by atoms with Gasteiger partial charge in [-0.05, 0) is 49.4 Å². The predicted molar refractivity (Wildman–Crippen MR) is 122 cm³/mol. The highest BCUT2D eigenvalue weighted by atomic mass is 32.2. The number of hydrogen-bond acceptors (Lipinski definition) is 7. The molecule has 2 heterocycles. The van der Waals surface area contributed by atoms with E-state index in [2.05, 4.69) is 10.9 Å². The highest BCUT2D eigenvalue weighted by Crippen LogP contribution is 2.27. The van der Waals surface area contributed by atoms with Crippen LogP contribution in [0.5, 0.6) is 5.75 Å². The quantitative estimate of drug-likeness (QED) is 0.611. The van der Waals surface area contributed by atoms with Crippen molar-refractivity contribution in [2.24, 2.45) is 0 Å². The maximum absolute atomic E-state index is 12.9. The first kappa shape index (κ1) is 23.6. The van der Waals surface area contributed by atoms with Crippen molar-refractivity contribution in [1.82, 2.24) is 15.2 Å². The lowest BCUT2D eigenvalue weighted by Gasteiger charge is -2.25. The molecule has 0 spiro atoms. The van der Waals surface area contributed by atoms with Gasteiger partial charge in [0.15, 0.2) is 6.10 Å². The minimum atomic E-state index is -3.77. The second-order valence-electron chi connectivity index (χ2n) is 7.03. The van der Waals surface area contributed by atoms with Gasteiger partial charge in [-0.3, -0.25) is 20.4 Å². The number of amides is 2. The number of benzene rings is 1. The summed E-state index contributed by atoms with van der Waals surface area (Å²) in [5.41, 5.74) is 6.58. The van der Waals surface area contributed by atoms with Crippen LogP contribution in [-0.2, 0) is 14.8 Å². The van der Waals surface area contributed by atoms with Crippen LogP contribution in [0.25, 0.3) is 0 Å². The number of aryl methyl sites for hydroxylation is 1. The van der Waals surface area contributed by atoms with E-state index in [9.17, 15) is 18.0 Å². The van der Waals surface area contributed by atoms with E-state index in [1.807, 2.05) is 26.0 Å². The molecule has 0 bridgehead atoms. The minimum Gasteiger partial charge on any atom is -0.481 e. The van der Waals surface area contributed by atoms with Crippen molar-refractivity contribution < 1.29 is 22.7 Å². The van der Waals surface area contributed by atoms with Gasteiger partial charge in [-0.15, -0.1) is 11.3 Å². The van der Waals surface area contributed by atoms with Crippen LogP contribution in [0.1, 0.15) is 27.7 Å². The molecule has 3 rings (SSSR count). The van der Waals surface area contributed by atoms with Gasteiger partial charge in [0.1, 0.15) is 15.5 Å². The van der Waals surface area contributed by atoms with Crippen molar-refractivity contribution in [1.29, 1.82) is 0 Å². The van der Waals surface area contributed by atoms with Crippen LogP contribution in [0, 0.1) is 13.8 Å². The number of thiophene rings is 1. The molecule has 1 aromatic heterocycles. The summed E-state index contributed by atoms with van der Waals surface area (Å²) in [7, 11) is -3.77. The molecule has 1 atom stereocenters. The van der Waals surface area contributed by atoms with Gasteiger partial charge in [0.05, 0.1) is 0 Å². The minimum absolute atomic E-state index is 0.0293. The van der Waals surface area contributed by atoms with E-state index in [1.165, 1.54) is 10.4 Å². The molecule has 0 radical (unpaired) electrons. The number of hydrazine groups is 1. The molecule has 1 unspecified atom stereocenters. The lowest BCUT2D eigenvalue weighted by molar-refractivity contribution is -0.128. The Kier molecular flexibility index (Phi) is 7.63. The standard InChI is InChI=1S/C20H25N3O5S3/c1-13-5-4-6-16(14(13)2)28-15(3)19(24)21-22-20(25)18-17(7-10-30-18)31(26,27)23-8-11-29-12-9-23/h4-7,10,15H,8-9,11-12H2,1-3H3,(H,21,24)(H,22,25). The van der Waals surface area contributed by atoms with E-state index >= 15 is 0 Å². The summed E-state index contributed by atoms with van der Waals surface area (Å²) in [6, 6.07) is 6.98. The number of carbonyl (C=O) groups excluding carboxylic acids is 2. The molecule has 11 heteroatoms. The number of hydrogen-bond donors (Lipinski definition) is 2. The third-order valence-corrected chi connectivity index (χ3v) is 8.88.